The van der Waals surface area contributed by atoms with Crippen LogP contribution in [-0.4, -0.2) is 51.1 Å². The maximum absolute atomic E-state index is 12.0. The van der Waals surface area contributed by atoms with Crippen LogP contribution in [0.4, 0.5) is 0 Å². The van der Waals surface area contributed by atoms with E-state index < -0.39 is 5.54 Å². The van der Waals surface area contributed by atoms with E-state index in [1.165, 1.54) is 7.11 Å². The second-order valence-corrected chi connectivity index (χ2v) is 6.15. The van der Waals surface area contributed by atoms with Gasteiger partial charge in [0, 0.05) is 26.2 Å². The quantitative estimate of drug-likeness (QED) is 0.661. The van der Waals surface area contributed by atoms with E-state index >= 15 is 0 Å². The molecule has 1 rings (SSSR count). The standard InChI is InChI=1S/C16H31NO4/c1-5-8-17-16(3,15(18)19-4)11-13(2)21-12-14-6-9-20-10-7-14/h13-14,17H,5-12H2,1-4H3. The molecular formula is C16H31NO4. The number of esters is 1. The predicted octanol–water partition coefficient (Wildman–Crippen LogP) is 2.14. The van der Waals surface area contributed by atoms with Gasteiger partial charge in [-0.05, 0) is 45.6 Å². The number of hydrogen-bond donors (Lipinski definition) is 1. The molecule has 5 heteroatoms. The van der Waals surface area contributed by atoms with Gasteiger partial charge in [0.05, 0.1) is 13.2 Å². The third kappa shape index (κ3) is 6.32. The van der Waals surface area contributed by atoms with Crippen LogP contribution in [-0.2, 0) is 19.0 Å². The van der Waals surface area contributed by atoms with Crippen molar-refractivity contribution in [2.45, 2.75) is 58.1 Å². The SMILES string of the molecule is CCCNC(C)(CC(C)OCC1CCOCC1)C(=O)OC. The van der Waals surface area contributed by atoms with Crippen LogP contribution in [0.15, 0.2) is 0 Å². The van der Waals surface area contributed by atoms with E-state index in [9.17, 15) is 4.79 Å². The molecule has 21 heavy (non-hydrogen) atoms. The lowest BCUT2D eigenvalue weighted by Crippen LogP contribution is -2.52. The van der Waals surface area contributed by atoms with E-state index in [4.69, 9.17) is 14.2 Å². The molecular weight excluding hydrogens is 270 g/mol. The number of carbonyl (C=O) groups is 1. The highest BCUT2D eigenvalue weighted by Crippen LogP contribution is 2.20. The third-order valence-electron chi connectivity index (χ3n) is 4.05. The highest BCUT2D eigenvalue weighted by atomic mass is 16.5. The largest absolute Gasteiger partial charge is 0.468 e. The summed E-state index contributed by atoms with van der Waals surface area (Å²) in [4.78, 5) is 12.0. The Morgan fingerprint density at radius 2 is 2.10 bits per heavy atom. The molecule has 5 nitrogen and oxygen atoms in total. The molecule has 0 saturated carbocycles. The summed E-state index contributed by atoms with van der Waals surface area (Å²) in [6, 6.07) is 0. The Kier molecular flexibility index (Phi) is 8.22. The van der Waals surface area contributed by atoms with Gasteiger partial charge in [-0.3, -0.25) is 4.79 Å². The number of ether oxygens (including phenoxy) is 3. The Bertz CT molecular complexity index is 305. The molecule has 1 aliphatic heterocycles. The van der Waals surface area contributed by atoms with E-state index in [0.717, 1.165) is 45.6 Å². The smallest absolute Gasteiger partial charge is 0.325 e. The molecule has 2 unspecified atom stereocenters. The monoisotopic (exact) mass is 301 g/mol. The summed E-state index contributed by atoms with van der Waals surface area (Å²) < 4.78 is 16.2. The van der Waals surface area contributed by atoms with Crippen molar-refractivity contribution in [3.63, 3.8) is 0 Å². The maximum atomic E-state index is 12.0. The Morgan fingerprint density at radius 3 is 2.67 bits per heavy atom. The summed E-state index contributed by atoms with van der Waals surface area (Å²) >= 11 is 0. The second-order valence-electron chi connectivity index (χ2n) is 6.15. The molecule has 1 N–H and O–H groups in total. The van der Waals surface area contributed by atoms with E-state index in [-0.39, 0.29) is 12.1 Å². The summed E-state index contributed by atoms with van der Waals surface area (Å²) in [5.74, 6) is 0.353. The zero-order chi connectivity index (χ0) is 15.7. The van der Waals surface area contributed by atoms with E-state index in [1.807, 2.05) is 13.8 Å². The molecule has 0 aromatic carbocycles. The average molecular weight is 301 g/mol. The van der Waals surface area contributed by atoms with Gasteiger partial charge in [-0.2, -0.15) is 0 Å². The normalized spacial score (nSPS) is 20.8. The molecule has 0 spiro atoms. The number of hydrogen-bond acceptors (Lipinski definition) is 5. The summed E-state index contributed by atoms with van der Waals surface area (Å²) in [7, 11) is 1.43. The van der Waals surface area contributed by atoms with Gasteiger partial charge in [0.2, 0.25) is 0 Å². The van der Waals surface area contributed by atoms with E-state index in [1.54, 1.807) is 0 Å². The topological polar surface area (TPSA) is 56.8 Å². The minimum atomic E-state index is -0.681. The molecule has 1 fully saturated rings. The number of rotatable bonds is 9. The summed E-state index contributed by atoms with van der Waals surface area (Å²) in [6.45, 7) is 9.20. The molecule has 1 heterocycles. The lowest BCUT2D eigenvalue weighted by atomic mass is 9.94. The fourth-order valence-corrected chi connectivity index (χ4v) is 2.70. The molecule has 124 valence electrons. The first kappa shape index (κ1) is 18.4. The molecule has 0 bridgehead atoms. The first-order valence-corrected chi connectivity index (χ1v) is 8.04. The lowest BCUT2D eigenvalue weighted by molar-refractivity contribution is -0.149. The zero-order valence-corrected chi connectivity index (χ0v) is 13.9. The fourth-order valence-electron chi connectivity index (χ4n) is 2.70. The Labute approximate surface area is 128 Å². The third-order valence-corrected chi connectivity index (χ3v) is 4.05. The van der Waals surface area contributed by atoms with Gasteiger partial charge in [0.15, 0.2) is 0 Å². The minimum Gasteiger partial charge on any atom is -0.468 e. The van der Waals surface area contributed by atoms with Crippen LogP contribution < -0.4 is 5.32 Å². The highest BCUT2D eigenvalue weighted by Gasteiger charge is 2.35. The van der Waals surface area contributed by atoms with Crippen LogP contribution in [0, 0.1) is 5.92 Å². The number of nitrogens with one attached hydrogen (secondary N) is 1. The number of methoxy groups -OCH3 is 1. The number of carbonyl (C=O) groups excluding carboxylic acids is 1. The molecule has 1 saturated heterocycles. The van der Waals surface area contributed by atoms with Crippen molar-refractivity contribution in [1.82, 2.24) is 5.32 Å². The van der Waals surface area contributed by atoms with Crippen LogP contribution in [0.1, 0.15) is 46.5 Å². The van der Waals surface area contributed by atoms with Gasteiger partial charge >= 0.3 is 5.97 Å². The maximum Gasteiger partial charge on any atom is 0.325 e. The Morgan fingerprint density at radius 1 is 1.43 bits per heavy atom. The highest BCUT2D eigenvalue weighted by molar-refractivity contribution is 5.80. The van der Waals surface area contributed by atoms with Crippen molar-refractivity contribution in [1.29, 1.82) is 0 Å². The molecule has 0 aromatic heterocycles. The summed E-state index contributed by atoms with van der Waals surface area (Å²) in [5, 5.41) is 3.29. The summed E-state index contributed by atoms with van der Waals surface area (Å²) in [5.41, 5.74) is -0.681. The van der Waals surface area contributed by atoms with Crippen molar-refractivity contribution in [2.75, 3.05) is 33.5 Å². The van der Waals surface area contributed by atoms with E-state index in [0.29, 0.717) is 12.3 Å². The van der Waals surface area contributed by atoms with Gasteiger partial charge in [-0.25, -0.2) is 0 Å². The van der Waals surface area contributed by atoms with Gasteiger partial charge < -0.3 is 19.5 Å². The first-order chi connectivity index (χ1) is 10.0. The molecule has 0 aliphatic carbocycles. The van der Waals surface area contributed by atoms with Crippen LogP contribution >= 0.6 is 0 Å². The molecule has 0 radical (unpaired) electrons. The first-order valence-electron chi connectivity index (χ1n) is 8.04. The van der Waals surface area contributed by atoms with Crippen LogP contribution in [0.5, 0.6) is 0 Å². The van der Waals surface area contributed by atoms with Crippen molar-refractivity contribution >= 4 is 5.97 Å². The Hall–Kier alpha value is -0.650. The molecule has 0 amide bonds. The van der Waals surface area contributed by atoms with Gasteiger partial charge in [0.1, 0.15) is 5.54 Å². The van der Waals surface area contributed by atoms with Crippen LogP contribution in [0.2, 0.25) is 0 Å². The lowest BCUT2D eigenvalue weighted by Gasteiger charge is -2.31. The zero-order valence-electron chi connectivity index (χ0n) is 13.9. The van der Waals surface area contributed by atoms with Gasteiger partial charge in [0.25, 0.3) is 0 Å². The molecule has 2 atom stereocenters. The second kappa shape index (κ2) is 9.38. The minimum absolute atomic E-state index is 0.0151. The van der Waals surface area contributed by atoms with Crippen molar-refractivity contribution < 1.29 is 19.0 Å². The van der Waals surface area contributed by atoms with Crippen molar-refractivity contribution in [3.05, 3.63) is 0 Å². The predicted molar refractivity (Wildman–Crippen MR) is 82.3 cm³/mol. The van der Waals surface area contributed by atoms with Crippen LogP contribution in [0.3, 0.4) is 0 Å². The average Bonchev–Trinajstić information content (AvgIpc) is 2.51. The van der Waals surface area contributed by atoms with Crippen LogP contribution in [0.25, 0.3) is 0 Å². The van der Waals surface area contributed by atoms with Gasteiger partial charge in [-0.15, -0.1) is 0 Å². The molecule has 0 aromatic rings. The van der Waals surface area contributed by atoms with Crippen molar-refractivity contribution in [2.24, 2.45) is 5.92 Å². The van der Waals surface area contributed by atoms with Crippen molar-refractivity contribution in [3.8, 4) is 0 Å². The Balaban J connectivity index is 2.42. The van der Waals surface area contributed by atoms with Gasteiger partial charge in [-0.1, -0.05) is 6.92 Å². The summed E-state index contributed by atoms with van der Waals surface area (Å²) in [6.07, 6.45) is 3.73. The van der Waals surface area contributed by atoms with E-state index in [2.05, 4.69) is 12.2 Å². The molecule has 1 aliphatic rings. The fraction of sp³-hybridized carbons (Fsp3) is 0.938.